The van der Waals surface area contributed by atoms with Crippen LogP contribution in [-0.2, 0) is 0 Å². The highest BCUT2D eigenvalue weighted by atomic mass is 14.7. The summed E-state index contributed by atoms with van der Waals surface area (Å²) in [6.07, 6.45) is 13.1. The van der Waals surface area contributed by atoms with E-state index in [-0.39, 0.29) is 0 Å². The molecule has 0 atom stereocenters. The van der Waals surface area contributed by atoms with Crippen LogP contribution in [0.15, 0.2) is 24.9 Å². The van der Waals surface area contributed by atoms with Crippen LogP contribution in [0.5, 0.6) is 0 Å². The van der Waals surface area contributed by atoms with Gasteiger partial charge in [0.2, 0.25) is 0 Å². The maximum atomic E-state index is 4.44. The first kappa shape index (κ1) is 16.4. The molecule has 23 heavy (non-hydrogen) atoms. The predicted octanol–water partition coefficient (Wildman–Crippen LogP) is 6.94. The van der Waals surface area contributed by atoms with E-state index in [1.165, 1.54) is 78.1 Å². The third-order valence-electron chi connectivity index (χ3n) is 5.90. The second-order valence-corrected chi connectivity index (χ2v) is 7.77. The number of aromatic nitrogens is 1. The van der Waals surface area contributed by atoms with Gasteiger partial charge < -0.3 is 4.98 Å². The first-order valence-electron chi connectivity index (χ1n) is 9.31. The number of hydrogen-bond donors (Lipinski definition) is 1. The zero-order valence-electron chi connectivity index (χ0n) is 15.1. The van der Waals surface area contributed by atoms with Gasteiger partial charge in [0.15, 0.2) is 0 Å². The number of H-pyrrole nitrogens is 1. The lowest BCUT2D eigenvalue weighted by Gasteiger charge is -2.29. The molecule has 0 spiro atoms. The average Bonchev–Trinajstić information content (AvgIpc) is 3.12. The molecule has 0 unspecified atom stereocenters. The Morgan fingerprint density at radius 3 is 2.61 bits per heavy atom. The molecule has 0 amide bonds. The molecule has 1 heterocycles. The molecule has 1 heteroatoms. The van der Waals surface area contributed by atoms with E-state index in [1.807, 2.05) is 0 Å². The minimum Gasteiger partial charge on any atom is -0.361 e. The lowest BCUT2D eigenvalue weighted by molar-refractivity contribution is 0.249. The maximum absolute atomic E-state index is 4.44. The fourth-order valence-corrected chi connectivity index (χ4v) is 4.77. The molecule has 1 aromatic heterocycles. The molecule has 1 N–H and O–H groups in total. The Morgan fingerprint density at radius 1 is 1.17 bits per heavy atom. The van der Waals surface area contributed by atoms with Crippen molar-refractivity contribution in [1.29, 1.82) is 0 Å². The number of nitrogens with one attached hydrogen (secondary N) is 1. The van der Waals surface area contributed by atoms with E-state index in [0.29, 0.717) is 5.41 Å². The lowest BCUT2D eigenvalue weighted by Crippen LogP contribution is -2.15. The van der Waals surface area contributed by atoms with E-state index >= 15 is 0 Å². The highest BCUT2D eigenvalue weighted by Crippen LogP contribution is 2.47. The van der Waals surface area contributed by atoms with E-state index in [2.05, 4.69) is 50.7 Å². The first-order chi connectivity index (χ1) is 11.0. The Labute approximate surface area is 141 Å². The fourth-order valence-electron chi connectivity index (χ4n) is 4.77. The van der Waals surface area contributed by atoms with Crippen molar-refractivity contribution in [1.82, 2.24) is 4.98 Å². The van der Waals surface area contributed by atoms with Crippen LogP contribution in [0.3, 0.4) is 0 Å². The van der Waals surface area contributed by atoms with Crippen LogP contribution in [0, 0.1) is 19.3 Å². The van der Waals surface area contributed by atoms with Crippen molar-refractivity contribution in [2.24, 2.45) is 5.41 Å². The smallest absolute Gasteiger partial charge is 0.0465 e. The van der Waals surface area contributed by atoms with E-state index in [4.69, 9.17) is 0 Å². The monoisotopic (exact) mass is 309 g/mol. The Morgan fingerprint density at radius 2 is 1.91 bits per heavy atom. The van der Waals surface area contributed by atoms with Gasteiger partial charge in [0.25, 0.3) is 0 Å². The summed E-state index contributed by atoms with van der Waals surface area (Å²) in [7, 11) is 0. The van der Waals surface area contributed by atoms with Gasteiger partial charge in [-0.15, -0.1) is 0 Å². The van der Waals surface area contributed by atoms with Gasteiger partial charge in [-0.25, -0.2) is 0 Å². The van der Waals surface area contributed by atoms with Gasteiger partial charge in [-0.2, -0.15) is 0 Å². The lowest BCUT2D eigenvalue weighted by atomic mass is 9.76. The molecule has 0 bridgehead atoms. The molecule has 1 aromatic carbocycles. The van der Waals surface area contributed by atoms with Crippen LogP contribution in [0.2, 0.25) is 0 Å². The molecule has 0 aliphatic heterocycles. The Hall–Kier alpha value is -1.50. The number of benzene rings is 1. The summed E-state index contributed by atoms with van der Waals surface area (Å²) in [6.45, 7) is 11.2. The van der Waals surface area contributed by atoms with Crippen molar-refractivity contribution < 1.29 is 0 Å². The van der Waals surface area contributed by atoms with E-state index in [9.17, 15) is 0 Å². The average molecular weight is 309 g/mol. The largest absolute Gasteiger partial charge is 0.361 e. The Bertz CT molecular complexity index is 698. The van der Waals surface area contributed by atoms with Crippen LogP contribution >= 0.6 is 0 Å². The molecule has 0 radical (unpaired) electrons. The van der Waals surface area contributed by atoms with Crippen LogP contribution in [0.4, 0.5) is 0 Å². The van der Waals surface area contributed by atoms with Gasteiger partial charge in [-0.05, 0) is 74.1 Å². The summed E-state index contributed by atoms with van der Waals surface area (Å²) in [5.74, 6) is 0. The summed E-state index contributed by atoms with van der Waals surface area (Å²) in [6, 6.07) is 4.52. The standard InChI is InChI=1S/C22H31N/c1-5-9-22(10-6-7-11-22)12-8-17(3)19-15-23-20-14-16(2)13-18(4)21(19)20/h13-15,23H,3,5-12H2,1-2,4H3. The summed E-state index contributed by atoms with van der Waals surface area (Å²) < 4.78 is 0. The highest BCUT2D eigenvalue weighted by molar-refractivity contribution is 5.94. The van der Waals surface area contributed by atoms with Gasteiger partial charge in [0.1, 0.15) is 0 Å². The van der Waals surface area contributed by atoms with Crippen LogP contribution in [-0.4, -0.2) is 4.98 Å². The highest BCUT2D eigenvalue weighted by Gasteiger charge is 2.32. The number of allylic oxidation sites excluding steroid dienone is 1. The number of aryl methyl sites for hydroxylation is 2. The number of aromatic amines is 1. The summed E-state index contributed by atoms with van der Waals surface area (Å²) in [4.78, 5) is 3.45. The van der Waals surface area contributed by atoms with Gasteiger partial charge in [0, 0.05) is 22.7 Å². The second-order valence-electron chi connectivity index (χ2n) is 7.77. The second kappa shape index (κ2) is 6.55. The molecule has 1 saturated carbocycles. The topological polar surface area (TPSA) is 15.8 Å². The summed E-state index contributed by atoms with van der Waals surface area (Å²) >= 11 is 0. The SMILES string of the molecule is C=C(CCC1(CCC)CCCC1)c1c[nH]c2cc(C)cc(C)c12. The molecule has 1 aliphatic rings. The summed E-state index contributed by atoms with van der Waals surface area (Å²) in [5, 5.41) is 1.37. The summed E-state index contributed by atoms with van der Waals surface area (Å²) in [5.41, 5.74) is 7.19. The Balaban J connectivity index is 1.79. The van der Waals surface area contributed by atoms with Gasteiger partial charge >= 0.3 is 0 Å². The zero-order valence-corrected chi connectivity index (χ0v) is 15.1. The first-order valence-corrected chi connectivity index (χ1v) is 9.31. The number of rotatable bonds is 6. The molecule has 2 aromatic rings. The van der Waals surface area contributed by atoms with Crippen molar-refractivity contribution in [3.63, 3.8) is 0 Å². The third kappa shape index (κ3) is 3.24. The van der Waals surface area contributed by atoms with Crippen molar-refractivity contribution in [3.8, 4) is 0 Å². The van der Waals surface area contributed by atoms with Crippen molar-refractivity contribution >= 4 is 16.5 Å². The van der Waals surface area contributed by atoms with Gasteiger partial charge in [-0.1, -0.05) is 38.8 Å². The molecular weight excluding hydrogens is 278 g/mol. The molecule has 124 valence electrons. The molecular formula is C22H31N. The molecule has 0 saturated heterocycles. The number of fused-ring (bicyclic) bond motifs is 1. The zero-order chi connectivity index (χ0) is 16.4. The Kier molecular flexibility index (Phi) is 4.66. The van der Waals surface area contributed by atoms with E-state index < -0.39 is 0 Å². The molecule has 1 fully saturated rings. The van der Waals surface area contributed by atoms with Crippen molar-refractivity contribution in [3.05, 3.63) is 41.6 Å². The van der Waals surface area contributed by atoms with E-state index in [1.54, 1.807) is 0 Å². The normalized spacial score (nSPS) is 17.0. The van der Waals surface area contributed by atoms with Crippen molar-refractivity contribution in [2.75, 3.05) is 0 Å². The molecule has 3 rings (SSSR count). The van der Waals surface area contributed by atoms with Gasteiger partial charge in [-0.3, -0.25) is 0 Å². The molecule has 1 nitrogen and oxygen atoms in total. The van der Waals surface area contributed by atoms with Gasteiger partial charge in [0.05, 0.1) is 0 Å². The predicted molar refractivity (Wildman–Crippen MR) is 102 cm³/mol. The minimum atomic E-state index is 0.607. The van der Waals surface area contributed by atoms with Crippen LogP contribution in [0.1, 0.15) is 75.0 Å². The van der Waals surface area contributed by atoms with Crippen LogP contribution in [0.25, 0.3) is 16.5 Å². The number of hydrogen-bond acceptors (Lipinski definition) is 0. The minimum absolute atomic E-state index is 0.607. The third-order valence-corrected chi connectivity index (χ3v) is 5.90. The molecule has 1 aliphatic carbocycles. The quantitative estimate of drug-likeness (QED) is 0.595. The fraction of sp³-hybridized carbons (Fsp3) is 0.545. The van der Waals surface area contributed by atoms with E-state index in [0.717, 1.165) is 6.42 Å². The van der Waals surface area contributed by atoms with Crippen LogP contribution < -0.4 is 0 Å². The maximum Gasteiger partial charge on any atom is 0.0465 e. The van der Waals surface area contributed by atoms with Crippen molar-refractivity contribution in [2.45, 2.75) is 72.1 Å².